The lowest BCUT2D eigenvalue weighted by molar-refractivity contribution is 0.128. The first kappa shape index (κ1) is 24.5. The summed E-state index contributed by atoms with van der Waals surface area (Å²) in [6, 6.07) is 26.4. The minimum Gasteiger partial charge on any atom is -0.296 e. The number of sulfonamides is 1. The van der Waals surface area contributed by atoms with E-state index in [9.17, 15) is 8.42 Å². The Morgan fingerprint density at radius 3 is 2.20 bits per heavy atom. The van der Waals surface area contributed by atoms with Gasteiger partial charge in [-0.25, -0.2) is 8.42 Å². The number of nitrogens with zero attached hydrogens (tertiary/aromatic N) is 2. The van der Waals surface area contributed by atoms with Crippen LogP contribution in [0.3, 0.4) is 0 Å². The Bertz CT molecular complexity index is 1230. The molecule has 35 heavy (non-hydrogen) atoms. The molecule has 1 saturated carbocycles. The second-order valence-electron chi connectivity index (χ2n) is 9.75. The molecule has 0 bridgehead atoms. The van der Waals surface area contributed by atoms with E-state index in [1.54, 1.807) is 0 Å². The van der Waals surface area contributed by atoms with Crippen LogP contribution in [0.2, 0.25) is 5.02 Å². The highest BCUT2D eigenvalue weighted by Gasteiger charge is 2.40. The Balaban J connectivity index is 1.34. The van der Waals surface area contributed by atoms with Crippen molar-refractivity contribution >= 4 is 21.6 Å². The summed E-state index contributed by atoms with van der Waals surface area (Å²) in [7, 11) is -3.32. The fraction of sp³-hybridized carbons (Fsp3) is 0.379. The van der Waals surface area contributed by atoms with E-state index < -0.39 is 10.0 Å². The molecule has 184 valence electrons. The molecule has 0 N–H and O–H groups in total. The number of rotatable bonds is 6. The maximum absolute atomic E-state index is 13.7. The molecule has 6 heteroatoms. The van der Waals surface area contributed by atoms with Gasteiger partial charge in [0.1, 0.15) is 0 Å². The van der Waals surface area contributed by atoms with Crippen molar-refractivity contribution < 1.29 is 8.42 Å². The average molecular weight is 509 g/mol. The molecule has 1 aliphatic carbocycles. The molecule has 4 nitrogen and oxygen atoms in total. The van der Waals surface area contributed by atoms with Gasteiger partial charge < -0.3 is 0 Å². The monoisotopic (exact) mass is 508 g/mol. The second kappa shape index (κ2) is 10.8. The van der Waals surface area contributed by atoms with Crippen molar-refractivity contribution in [3.8, 4) is 11.1 Å². The van der Waals surface area contributed by atoms with E-state index in [-0.39, 0.29) is 11.3 Å². The van der Waals surface area contributed by atoms with E-state index in [1.165, 1.54) is 5.56 Å². The lowest BCUT2D eigenvalue weighted by Crippen LogP contribution is -2.52. The maximum atomic E-state index is 13.7. The van der Waals surface area contributed by atoms with E-state index in [4.69, 9.17) is 11.6 Å². The summed E-state index contributed by atoms with van der Waals surface area (Å²) in [5.41, 5.74) is 4.43. The molecule has 0 spiro atoms. The first-order valence-electron chi connectivity index (χ1n) is 12.6. The van der Waals surface area contributed by atoms with Crippen LogP contribution < -0.4 is 0 Å². The minimum absolute atomic E-state index is 0.153. The summed E-state index contributed by atoms with van der Waals surface area (Å²) >= 11 is 6.37. The summed E-state index contributed by atoms with van der Waals surface area (Å²) in [5, 5.41) is 0.521. The highest BCUT2D eigenvalue weighted by molar-refractivity contribution is 7.89. The lowest BCUT2D eigenvalue weighted by Gasteiger charge is -2.42. The number of halogens is 1. The van der Waals surface area contributed by atoms with Gasteiger partial charge in [-0.1, -0.05) is 104 Å². The zero-order chi connectivity index (χ0) is 24.3. The summed E-state index contributed by atoms with van der Waals surface area (Å²) in [5.74, 6) is 0. The van der Waals surface area contributed by atoms with Crippen LogP contribution in [0.1, 0.15) is 49.3 Å². The van der Waals surface area contributed by atoms with Crippen molar-refractivity contribution in [1.82, 2.24) is 9.21 Å². The first-order chi connectivity index (χ1) is 17.0. The third-order valence-electron chi connectivity index (χ3n) is 7.45. The Labute approximate surface area is 214 Å². The van der Waals surface area contributed by atoms with Crippen LogP contribution in [0.5, 0.6) is 0 Å². The fourth-order valence-corrected chi connectivity index (χ4v) is 7.95. The van der Waals surface area contributed by atoms with Crippen LogP contribution >= 0.6 is 11.6 Å². The lowest BCUT2D eigenvalue weighted by atomic mass is 10.0. The Kier molecular flexibility index (Phi) is 7.59. The topological polar surface area (TPSA) is 40.6 Å². The molecule has 3 aromatic carbocycles. The van der Waals surface area contributed by atoms with Gasteiger partial charge in [0.25, 0.3) is 0 Å². The molecular weight excluding hydrogens is 476 g/mol. The molecule has 5 rings (SSSR count). The van der Waals surface area contributed by atoms with Crippen LogP contribution in [0.4, 0.5) is 0 Å². The summed E-state index contributed by atoms with van der Waals surface area (Å²) < 4.78 is 29.2. The highest BCUT2D eigenvalue weighted by Crippen LogP contribution is 2.34. The molecule has 1 atom stereocenters. The molecule has 0 aromatic heterocycles. The predicted molar refractivity (Wildman–Crippen MR) is 144 cm³/mol. The van der Waals surface area contributed by atoms with Gasteiger partial charge in [0.15, 0.2) is 0 Å². The number of hydrogen-bond acceptors (Lipinski definition) is 3. The van der Waals surface area contributed by atoms with Crippen molar-refractivity contribution in [3.63, 3.8) is 0 Å². The molecule has 2 aliphatic rings. The van der Waals surface area contributed by atoms with E-state index >= 15 is 0 Å². The Hall–Kier alpha value is -2.18. The van der Waals surface area contributed by atoms with Gasteiger partial charge in [0.2, 0.25) is 10.0 Å². The standard InChI is InChI=1S/C29H33ClN2O2S/c30-28-14-8-7-13-27(28)24-17-15-23(16-18-24)21-31-19-20-32(29(22-31)25-9-3-1-4-10-25)35(33,34)26-11-5-2-6-12-26/h1,3-4,7-10,13-18,26,29H,2,5-6,11-12,19-22H2. The third-order valence-corrected chi connectivity index (χ3v) is 10.2. The van der Waals surface area contributed by atoms with Gasteiger partial charge in [-0.05, 0) is 35.6 Å². The van der Waals surface area contributed by atoms with Crippen LogP contribution in [0.25, 0.3) is 11.1 Å². The van der Waals surface area contributed by atoms with Crippen LogP contribution in [-0.4, -0.2) is 42.5 Å². The largest absolute Gasteiger partial charge is 0.296 e. The second-order valence-corrected chi connectivity index (χ2v) is 12.3. The molecule has 0 radical (unpaired) electrons. The van der Waals surface area contributed by atoms with Crippen LogP contribution in [0, 0.1) is 0 Å². The van der Waals surface area contributed by atoms with E-state index in [0.717, 1.165) is 66.9 Å². The van der Waals surface area contributed by atoms with Gasteiger partial charge >= 0.3 is 0 Å². The van der Waals surface area contributed by atoms with Crippen LogP contribution in [0.15, 0.2) is 78.9 Å². The molecule has 2 fully saturated rings. The average Bonchev–Trinajstić information content (AvgIpc) is 2.90. The predicted octanol–water partition coefficient (Wildman–Crippen LogP) is 6.53. The molecule has 1 unspecified atom stereocenters. The maximum Gasteiger partial charge on any atom is 0.217 e. The zero-order valence-corrected chi connectivity index (χ0v) is 21.6. The van der Waals surface area contributed by atoms with Crippen LogP contribution in [-0.2, 0) is 16.6 Å². The number of hydrogen-bond donors (Lipinski definition) is 0. The molecule has 1 heterocycles. The van der Waals surface area contributed by atoms with E-state index in [0.29, 0.717) is 13.1 Å². The third kappa shape index (κ3) is 5.49. The molecule has 1 saturated heterocycles. The summed E-state index contributed by atoms with van der Waals surface area (Å²) in [6.45, 7) is 2.77. The van der Waals surface area contributed by atoms with Crippen molar-refractivity contribution in [2.24, 2.45) is 0 Å². The Morgan fingerprint density at radius 2 is 1.49 bits per heavy atom. The smallest absolute Gasteiger partial charge is 0.217 e. The van der Waals surface area contributed by atoms with Gasteiger partial charge in [-0.2, -0.15) is 4.31 Å². The molecule has 3 aromatic rings. The van der Waals surface area contributed by atoms with Crippen molar-refractivity contribution in [1.29, 1.82) is 0 Å². The quantitative estimate of drug-likeness (QED) is 0.380. The summed E-state index contributed by atoms with van der Waals surface area (Å²) in [4.78, 5) is 2.38. The zero-order valence-electron chi connectivity index (χ0n) is 20.0. The molecule has 0 amide bonds. The highest BCUT2D eigenvalue weighted by atomic mass is 35.5. The molecular formula is C29H33ClN2O2S. The first-order valence-corrected chi connectivity index (χ1v) is 14.5. The number of piperazine rings is 1. The van der Waals surface area contributed by atoms with Crippen molar-refractivity contribution in [2.45, 2.75) is 49.9 Å². The van der Waals surface area contributed by atoms with E-state index in [1.807, 2.05) is 46.8 Å². The summed E-state index contributed by atoms with van der Waals surface area (Å²) in [6.07, 6.45) is 4.77. The molecule has 1 aliphatic heterocycles. The van der Waals surface area contributed by atoms with Gasteiger partial charge in [0, 0.05) is 36.8 Å². The van der Waals surface area contributed by atoms with Crippen molar-refractivity contribution in [3.05, 3.63) is 95.0 Å². The van der Waals surface area contributed by atoms with Crippen molar-refractivity contribution in [2.75, 3.05) is 19.6 Å². The SMILES string of the molecule is O=S(=O)(C1CCCCC1)N1CCN(Cc2ccc(-c3ccccc3Cl)cc2)CC1c1ccccc1. The van der Waals surface area contributed by atoms with Gasteiger partial charge in [-0.15, -0.1) is 0 Å². The minimum atomic E-state index is -3.32. The Morgan fingerprint density at radius 1 is 0.800 bits per heavy atom. The van der Waals surface area contributed by atoms with Gasteiger partial charge in [0.05, 0.1) is 11.3 Å². The normalized spacial score (nSPS) is 20.7. The fourth-order valence-electron chi connectivity index (χ4n) is 5.52. The number of benzene rings is 3. The van der Waals surface area contributed by atoms with Gasteiger partial charge in [-0.3, -0.25) is 4.90 Å². The van der Waals surface area contributed by atoms with E-state index in [2.05, 4.69) is 41.3 Å².